The van der Waals surface area contributed by atoms with Gasteiger partial charge in [0.25, 0.3) is 0 Å². The van der Waals surface area contributed by atoms with Crippen molar-refractivity contribution in [2.45, 2.75) is 44.3 Å². The average molecular weight is 553 g/mol. The third-order valence-corrected chi connectivity index (χ3v) is 6.40. The number of hydrogen-bond acceptors (Lipinski definition) is 6. The maximum atomic E-state index is 13.0. The van der Waals surface area contributed by atoms with Gasteiger partial charge in [0.2, 0.25) is 5.91 Å². The van der Waals surface area contributed by atoms with Crippen molar-refractivity contribution in [2.24, 2.45) is 0 Å². The zero-order valence-electron chi connectivity index (χ0n) is 21.6. The van der Waals surface area contributed by atoms with E-state index in [-0.39, 0.29) is 12.3 Å². The number of ether oxygens (including phenoxy) is 1. The van der Waals surface area contributed by atoms with E-state index >= 15 is 0 Å². The van der Waals surface area contributed by atoms with Crippen molar-refractivity contribution in [3.8, 4) is 0 Å². The number of esters is 1. The van der Waals surface area contributed by atoms with Gasteiger partial charge in [-0.1, -0.05) is 43.3 Å². The summed E-state index contributed by atoms with van der Waals surface area (Å²) in [4.78, 5) is 47.8. The first-order chi connectivity index (χ1) is 18.4. The summed E-state index contributed by atoms with van der Waals surface area (Å²) in [5.41, 5.74) is -0.510. The molecule has 1 aliphatic heterocycles. The second-order valence-electron chi connectivity index (χ2n) is 8.84. The standard InChI is InChI=1S/C25H29F3N2O3.C2H2O4/c1-3-22(31)30(21-10-5-4-6-11-21)24(23(32)33-2)13-16-29(17-14-24)15-12-19-8-7-9-20(18-19)25(26,27)28;3-1(4)2(5)6/h4-11,18H,3,12-17H2,1-2H3;(H,3,4)(H,5,6). The number of rotatable bonds is 7. The van der Waals surface area contributed by atoms with Gasteiger partial charge in [0.15, 0.2) is 0 Å². The highest BCUT2D eigenvalue weighted by Crippen LogP contribution is 2.35. The smallest absolute Gasteiger partial charge is 0.416 e. The average Bonchev–Trinajstić information content (AvgIpc) is 2.92. The van der Waals surface area contributed by atoms with Gasteiger partial charge in [0.05, 0.1) is 12.7 Å². The van der Waals surface area contributed by atoms with E-state index in [0.29, 0.717) is 50.1 Å². The molecule has 0 saturated carbocycles. The molecule has 0 spiro atoms. The van der Waals surface area contributed by atoms with Gasteiger partial charge in [0, 0.05) is 31.7 Å². The molecule has 12 heteroatoms. The van der Waals surface area contributed by atoms with Crippen LogP contribution in [0.5, 0.6) is 0 Å². The maximum absolute atomic E-state index is 13.0. The topological polar surface area (TPSA) is 124 Å². The number of carboxylic acid groups (broad SMARTS) is 2. The normalized spacial score (nSPS) is 14.9. The number of carbonyl (C=O) groups is 4. The predicted octanol–water partition coefficient (Wildman–Crippen LogP) is 3.85. The summed E-state index contributed by atoms with van der Waals surface area (Å²) >= 11 is 0. The Morgan fingerprint density at radius 1 is 0.974 bits per heavy atom. The fourth-order valence-corrected chi connectivity index (χ4v) is 4.41. The molecule has 1 fully saturated rings. The molecular formula is C27H31F3N2O7. The molecule has 39 heavy (non-hydrogen) atoms. The van der Waals surface area contributed by atoms with Gasteiger partial charge >= 0.3 is 24.1 Å². The van der Waals surface area contributed by atoms with Crippen LogP contribution in [-0.2, 0) is 36.5 Å². The van der Waals surface area contributed by atoms with Crippen molar-refractivity contribution in [3.63, 3.8) is 0 Å². The number of benzene rings is 2. The molecule has 0 bridgehead atoms. The molecule has 2 N–H and O–H groups in total. The summed E-state index contributed by atoms with van der Waals surface area (Å²) in [6, 6.07) is 14.5. The summed E-state index contributed by atoms with van der Waals surface area (Å²) < 4.78 is 44.1. The predicted molar refractivity (Wildman–Crippen MR) is 135 cm³/mol. The summed E-state index contributed by atoms with van der Waals surface area (Å²) in [5, 5.41) is 14.8. The van der Waals surface area contributed by atoms with Crippen molar-refractivity contribution >= 4 is 29.5 Å². The second-order valence-corrected chi connectivity index (χ2v) is 8.84. The van der Waals surface area contributed by atoms with Crippen LogP contribution < -0.4 is 4.90 Å². The van der Waals surface area contributed by atoms with Crippen LogP contribution in [0.2, 0.25) is 0 Å². The summed E-state index contributed by atoms with van der Waals surface area (Å²) in [6.07, 6.45) is -2.90. The molecule has 0 unspecified atom stereocenters. The Balaban J connectivity index is 0.000000798. The van der Waals surface area contributed by atoms with Crippen LogP contribution in [0.3, 0.4) is 0 Å². The minimum Gasteiger partial charge on any atom is -0.473 e. The van der Waals surface area contributed by atoms with E-state index in [9.17, 15) is 22.8 Å². The van der Waals surface area contributed by atoms with Gasteiger partial charge in [-0.25, -0.2) is 14.4 Å². The molecule has 1 saturated heterocycles. The fourth-order valence-electron chi connectivity index (χ4n) is 4.41. The fraction of sp³-hybridized carbons (Fsp3) is 0.407. The maximum Gasteiger partial charge on any atom is 0.416 e. The number of aliphatic carboxylic acids is 2. The second kappa shape index (κ2) is 13.7. The first kappa shape index (κ1) is 31.3. The Labute approximate surface area is 223 Å². The third kappa shape index (κ3) is 8.28. The van der Waals surface area contributed by atoms with Gasteiger partial charge in [0.1, 0.15) is 5.54 Å². The summed E-state index contributed by atoms with van der Waals surface area (Å²) in [7, 11) is 1.32. The molecule has 1 amide bonds. The van der Waals surface area contributed by atoms with Crippen molar-refractivity contribution in [1.29, 1.82) is 0 Å². The summed E-state index contributed by atoms with van der Waals surface area (Å²) in [5.74, 6) is -4.26. The number of likely N-dealkylation sites (tertiary alicyclic amines) is 1. The number of nitrogens with zero attached hydrogens (tertiary/aromatic N) is 2. The first-order valence-electron chi connectivity index (χ1n) is 12.2. The van der Waals surface area contributed by atoms with Crippen LogP contribution in [0.1, 0.15) is 37.3 Å². The van der Waals surface area contributed by atoms with Crippen LogP contribution in [0.15, 0.2) is 54.6 Å². The van der Waals surface area contributed by atoms with Crippen molar-refractivity contribution < 1.29 is 47.3 Å². The molecule has 0 atom stereocenters. The third-order valence-electron chi connectivity index (χ3n) is 6.40. The number of hydrogen-bond donors (Lipinski definition) is 2. The van der Waals surface area contributed by atoms with E-state index in [1.165, 1.54) is 19.2 Å². The number of anilines is 1. The molecule has 0 aliphatic carbocycles. The molecule has 3 rings (SSSR count). The lowest BCUT2D eigenvalue weighted by Gasteiger charge is -2.46. The number of halogens is 3. The molecule has 1 heterocycles. The van der Waals surface area contributed by atoms with Crippen LogP contribution in [0.25, 0.3) is 0 Å². The molecule has 2 aromatic carbocycles. The number of carboxylic acids is 2. The number of carbonyl (C=O) groups excluding carboxylic acids is 2. The Morgan fingerprint density at radius 2 is 1.56 bits per heavy atom. The molecule has 212 valence electrons. The van der Waals surface area contributed by atoms with E-state index < -0.39 is 35.2 Å². The lowest BCUT2D eigenvalue weighted by Crippen LogP contribution is -2.62. The van der Waals surface area contributed by atoms with Gasteiger partial charge in [-0.15, -0.1) is 0 Å². The Morgan fingerprint density at radius 3 is 2.05 bits per heavy atom. The van der Waals surface area contributed by atoms with E-state index in [1.807, 2.05) is 18.2 Å². The molecule has 0 aromatic heterocycles. The van der Waals surface area contributed by atoms with Crippen LogP contribution in [0.4, 0.5) is 18.9 Å². The van der Waals surface area contributed by atoms with Crippen LogP contribution >= 0.6 is 0 Å². The quantitative estimate of drug-likeness (QED) is 0.392. The number of alkyl halides is 3. The number of para-hydroxylation sites is 1. The zero-order valence-corrected chi connectivity index (χ0v) is 21.6. The number of amides is 1. The van der Waals surface area contributed by atoms with Gasteiger partial charge < -0.3 is 19.8 Å². The largest absolute Gasteiger partial charge is 0.473 e. The first-order valence-corrected chi connectivity index (χ1v) is 12.2. The van der Waals surface area contributed by atoms with Crippen molar-refractivity contribution in [2.75, 3.05) is 31.6 Å². The van der Waals surface area contributed by atoms with Gasteiger partial charge in [-0.2, -0.15) is 13.2 Å². The Bertz CT molecular complexity index is 1140. The van der Waals surface area contributed by atoms with Crippen LogP contribution in [-0.4, -0.2) is 71.2 Å². The lowest BCUT2D eigenvalue weighted by molar-refractivity contribution is -0.159. The molecule has 9 nitrogen and oxygen atoms in total. The highest BCUT2D eigenvalue weighted by Gasteiger charge is 2.49. The number of methoxy groups -OCH3 is 1. The SMILES string of the molecule is CCC(=O)N(c1ccccc1)C1(C(=O)OC)CCN(CCc2cccc(C(F)(F)F)c2)CC1.O=C(O)C(=O)O. The zero-order chi connectivity index (χ0) is 29.2. The highest BCUT2D eigenvalue weighted by atomic mass is 19.4. The molecule has 0 radical (unpaired) electrons. The Hall–Kier alpha value is -3.93. The minimum atomic E-state index is -4.37. The minimum absolute atomic E-state index is 0.163. The van der Waals surface area contributed by atoms with Gasteiger partial charge in [-0.3, -0.25) is 9.69 Å². The monoisotopic (exact) mass is 552 g/mol. The van der Waals surface area contributed by atoms with E-state index in [4.69, 9.17) is 24.5 Å². The summed E-state index contributed by atoms with van der Waals surface area (Å²) in [6.45, 7) is 3.36. The molecular weight excluding hydrogens is 521 g/mol. The number of piperidine rings is 1. The lowest BCUT2D eigenvalue weighted by atomic mass is 9.84. The van der Waals surface area contributed by atoms with Crippen molar-refractivity contribution in [1.82, 2.24) is 4.90 Å². The molecule has 1 aliphatic rings. The van der Waals surface area contributed by atoms with E-state index in [2.05, 4.69) is 4.90 Å². The van der Waals surface area contributed by atoms with E-state index in [0.717, 1.165) is 6.07 Å². The molecule has 2 aromatic rings. The van der Waals surface area contributed by atoms with E-state index in [1.54, 1.807) is 30.0 Å². The van der Waals surface area contributed by atoms with Crippen molar-refractivity contribution in [3.05, 3.63) is 65.7 Å². The van der Waals surface area contributed by atoms with Gasteiger partial charge in [-0.05, 0) is 43.0 Å². The van der Waals surface area contributed by atoms with Crippen LogP contribution in [0, 0.1) is 0 Å². The highest BCUT2D eigenvalue weighted by molar-refractivity contribution is 6.27. The Kier molecular flexibility index (Phi) is 11.0.